The maximum absolute atomic E-state index is 6.04. The number of ether oxygens (including phenoxy) is 6. The molecule has 10 heteroatoms. The van der Waals surface area contributed by atoms with E-state index in [1.54, 1.807) is 0 Å². The van der Waals surface area contributed by atoms with Crippen LogP contribution in [0.5, 0.6) is 0 Å². The Morgan fingerprint density at radius 2 is 0.618 bits per heavy atom. The lowest BCUT2D eigenvalue weighted by Crippen LogP contribution is -2.60. The first-order chi connectivity index (χ1) is 16.5. The van der Waals surface area contributed by atoms with Gasteiger partial charge in [-0.1, -0.05) is 20.8 Å². The highest BCUT2D eigenvalue weighted by molar-refractivity contribution is 6.43. The first kappa shape index (κ1) is 34.4. The number of rotatable bonds is 24. The van der Waals surface area contributed by atoms with Crippen LogP contribution in [0.2, 0.25) is 0 Å². The van der Waals surface area contributed by atoms with E-state index in [4.69, 9.17) is 28.4 Å². The molecule has 0 amide bonds. The standard InChI is InChI=1S/C24H57NO6Si3/c1-10-19(32-22(26-13-4)27-14-5)25(20(11-2)33-23(28-15-6)29-16-7)21(12-3)34-24(30-17-8)31-18-9/h19-24H,10-18,32-34H2,1-9H3. The van der Waals surface area contributed by atoms with Gasteiger partial charge in [-0.15, -0.1) is 0 Å². The minimum Gasteiger partial charge on any atom is -0.357 e. The molecule has 0 spiro atoms. The summed E-state index contributed by atoms with van der Waals surface area (Å²) in [5.74, 6) is -0.111. The Hall–Kier alpha value is 0.371. The van der Waals surface area contributed by atoms with Gasteiger partial charge >= 0.3 is 0 Å². The van der Waals surface area contributed by atoms with Gasteiger partial charge in [-0.05, 0) is 60.8 Å². The van der Waals surface area contributed by atoms with E-state index in [0.29, 0.717) is 56.6 Å². The Morgan fingerprint density at radius 1 is 0.412 bits per heavy atom. The summed E-state index contributed by atoms with van der Waals surface area (Å²) >= 11 is 0. The fraction of sp³-hybridized carbons (Fsp3) is 1.00. The molecule has 7 nitrogen and oxygen atoms in total. The Labute approximate surface area is 217 Å². The van der Waals surface area contributed by atoms with Gasteiger partial charge in [-0.25, -0.2) is 0 Å². The van der Waals surface area contributed by atoms with Crippen LogP contribution in [0.1, 0.15) is 81.6 Å². The Bertz CT molecular complexity index is 375. The fourth-order valence-electron chi connectivity index (χ4n) is 4.73. The van der Waals surface area contributed by atoms with Gasteiger partial charge < -0.3 is 33.3 Å². The first-order valence-electron chi connectivity index (χ1n) is 14.0. The van der Waals surface area contributed by atoms with E-state index in [-0.39, 0.29) is 17.7 Å². The van der Waals surface area contributed by atoms with Crippen molar-refractivity contribution in [3.05, 3.63) is 0 Å². The van der Waals surface area contributed by atoms with E-state index >= 15 is 0 Å². The van der Waals surface area contributed by atoms with Crippen molar-refractivity contribution in [1.29, 1.82) is 0 Å². The van der Waals surface area contributed by atoms with Crippen molar-refractivity contribution in [1.82, 2.24) is 4.90 Å². The third-order valence-electron chi connectivity index (χ3n) is 6.19. The highest BCUT2D eigenvalue weighted by Crippen LogP contribution is 2.21. The molecule has 206 valence electrons. The molecule has 0 aromatic carbocycles. The number of nitrogens with zero attached hydrogens (tertiary/aromatic N) is 1. The lowest BCUT2D eigenvalue weighted by atomic mass is 10.3. The summed E-state index contributed by atoms with van der Waals surface area (Å²) in [6.45, 7) is 23.5. The summed E-state index contributed by atoms with van der Waals surface area (Å²) in [6.07, 6.45) is 3.33. The van der Waals surface area contributed by atoms with E-state index in [9.17, 15) is 0 Å². The van der Waals surface area contributed by atoms with Crippen LogP contribution in [-0.4, -0.2) is 108 Å². The summed E-state index contributed by atoms with van der Waals surface area (Å²) in [5, 5.41) is 0. The molecule has 0 aromatic heterocycles. The van der Waals surface area contributed by atoms with E-state index in [2.05, 4.69) is 67.2 Å². The molecule has 0 aromatic rings. The van der Waals surface area contributed by atoms with Crippen LogP contribution in [0.25, 0.3) is 0 Å². The van der Waals surface area contributed by atoms with Crippen molar-refractivity contribution in [2.75, 3.05) is 39.6 Å². The SMILES string of the molecule is CCOC(OCC)[SiH2]C(CC)N(C(CC)[SiH2]C(OCC)OCC)C(CC)[SiH2]C(OCC)OCC. The second-order valence-electron chi connectivity index (χ2n) is 8.36. The monoisotopic (exact) mass is 539 g/mol. The van der Waals surface area contributed by atoms with E-state index in [0.717, 1.165) is 19.3 Å². The van der Waals surface area contributed by atoms with Crippen molar-refractivity contribution in [3.63, 3.8) is 0 Å². The molecule has 0 bridgehead atoms. The van der Waals surface area contributed by atoms with Gasteiger partial charge in [0, 0.05) is 56.6 Å². The third-order valence-corrected chi connectivity index (χ3v) is 13.4. The van der Waals surface area contributed by atoms with Gasteiger partial charge in [0.2, 0.25) is 0 Å². The van der Waals surface area contributed by atoms with Gasteiger partial charge in [-0.2, -0.15) is 0 Å². The van der Waals surface area contributed by atoms with Crippen LogP contribution in [0.15, 0.2) is 0 Å². The average molecular weight is 540 g/mol. The molecule has 0 saturated carbocycles. The van der Waals surface area contributed by atoms with Gasteiger partial charge in [-0.3, -0.25) is 0 Å². The molecule has 3 unspecified atom stereocenters. The highest BCUT2D eigenvalue weighted by Gasteiger charge is 2.35. The average Bonchev–Trinajstić information content (AvgIpc) is 2.82. The van der Waals surface area contributed by atoms with Crippen LogP contribution < -0.4 is 0 Å². The van der Waals surface area contributed by atoms with Crippen molar-refractivity contribution in [2.24, 2.45) is 0 Å². The fourth-order valence-corrected chi connectivity index (χ4v) is 12.7. The summed E-state index contributed by atoms with van der Waals surface area (Å²) in [5.41, 5.74) is 1.52. The molecule has 0 rings (SSSR count). The molecule has 0 radical (unpaired) electrons. The zero-order valence-electron chi connectivity index (χ0n) is 23.8. The molecule has 0 N–H and O–H groups in total. The lowest BCUT2D eigenvalue weighted by Gasteiger charge is -2.45. The lowest BCUT2D eigenvalue weighted by molar-refractivity contribution is -0.0885. The van der Waals surface area contributed by atoms with Crippen molar-refractivity contribution in [2.45, 2.75) is 116 Å². The molecule has 34 heavy (non-hydrogen) atoms. The van der Waals surface area contributed by atoms with Gasteiger partial charge in [0.1, 0.15) is 46.3 Å². The first-order valence-corrected chi connectivity index (χ1v) is 18.9. The van der Waals surface area contributed by atoms with E-state index in [1.165, 1.54) is 0 Å². The molecule has 0 aliphatic heterocycles. The zero-order chi connectivity index (χ0) is 25.8. The molecule has 0 heterocycles. The van der Waals surface area contributed by atoms with E-state index < -0.39 is 28.6 Å². The quantitative estimate of drug-likeness (QED) is 0.137. The second-order valence-corrected chi connectivity index (χ2v) is 14.6. The summed E-state index contributed by atoms with van der Waals surface area (Å²) < 4.78 is 36.3. The predicted molar refractivity (Wildman–Crippen MR) is 151 cm³/mol. The topological polar surface area (TPSA) is 58.6 Å². The number of hydrogen-bond donors (Lipinski definition) is 0. The van der Waals surface area contributed by atoms with Crippen LogP contribution in [0.4, 0.5) is 0 Å². The van der Waals surface area contributed by atoms with Crippen LogP contribution >= 0.6 is 0 Å². The van der Waals surface area contributed by atoms with Crippen molar-refractivity contribution < 1.29 is 28.4 Å². The smallest absolute Gasteiger partial charge is 0.136 e. The van der Waals surface area contributed by atoms with E-state index in [1.807, 2.05) is 0 Å². The third kappa shape index (κ3) is 13.6. The van der Waals surface area contributed by atoms with Crippen molar-refractivity contribution in [3.8, 4) is 0 Å². The zero-order valence-corrected chi connectivity index (χ0v) is 28.1. The minimum absolute atomic E-state index is 0.0371. The number of hydrogen-bond acceptors (Lipinski definition) is 7. The summed E-state index contributed by atoms with van der Waals surface area (Å²) in [4.78, 5) is 2.87. The van der Waals surface area contributed by atoms with Gasteiger partial charge in [0.05, 0.1) is 0 Å². The molecular formula is C24H57NO6Si3. The molecule has 0 fully saturated rings. The van der Waals surface area contributed by atoms with Crippen LogP contribution in [0.3, 0.4) is 0 Å². The molecule has 0 saturated heterocycles. The maximum Gasteiger partial charge on any atom is 0.136 e. The van der Waals surface area contributed by atoms with Gasteiger partial charge in [0.25, 0.3) is 0 Å². The van der Waals surface area contributed by atoms with Gasteiger partial charge in [0.15, 0.2) is 0 Å². The van der Waals surface area contributed by atoms with Crippen molar-refractivity contribution >= 4 is 28.6 Å². The predicted octanol–water partition coefficient (Wildman–Crippen LogP) is 2.07. The van der Waals surface area contributed by atoms with Crippen LogP contribution in [-0.2, 0) is 28.4 Å². The minimum atomic E-state index is -0.686. The molecular weight excluding hydrogens is 483 g/mol. The normalized spacial score (nSPS) is 16.1. The Kier molecular flexibility index (Phi) is 22.8. The Balaban J connectivity index is 6.06. The molecule has 3 atom stereocenters. The molecule has 0 aliphatic carbocycles. The largest absolute Gasteiger partial charge is 0.357 e. The second kappa shape index (κ2) is 22.6. The Morgan fingerprint density at radius 3 is 0.765 bits per heavy atom. The van der Waals surface area contributed by atoms with Crippen LogP contribution in [0, 0.1) is 0 Å². The summed E-state index contributed by atoms with van der Waals surface area (Å²) in [7, 11) is -2.06. The summed E-state index contributed by atoms with van der Waals surface area (Å²) in [6, 6.07) is 0. The maximum atomic E-state index is 6.04. The highest BCUT2D eigenvalue weighted by atomic mass is 28.2. The molecule has 0 aliphatic rings.